The van der Waals surface area contributed by atoms with E-state index in [1.165, 1.54) is 6.42 Å². The summed E-state index contributed by atoms with van der Waals surface area (Å²) in [6.07, 6.45) is 6.11. The zero-order chi connectivity index (χ0) is 14.1. The van der Waals surface area contributed by atoms with Crippen LogP contribution in [0.5, 0.6) is 0 Å². The summed E-state index contributed by atoms with van der Waals surface area (Å²) in [6.45, 7) is 6.85. The van der Waals surface area contributed by atoms with E-state index in [-0.39, 0.29) is 11.5 Å². The number of carbonyl (C=O) groups is 2. The van der Waals surface area contributed by atoms with E-state index in [9.17, 15) is 9.59 Å². The minimum atomic E-state index is -0.477. The standard InChI is InChI=1S/C15H25NO3/c1-14(2,3)19-13(18)16-9-5-8-15(10-16,11-17)12-6-4-7-12/h11-12H,4-10H2,1-3H3. The molecule has 1 amide bonds. The molecule has 1 aliphatic heterocycles. The van der Waals surface area contributed by atoms with Gasteiger partial charge in [0.15, 0.2) is 0 Å². The summed E-state index contributed by atoms with van der Waals surface area (Å²) in [4.78, 5) is 25.4. The van der Waals surface area contributed by atoms with Crippen molar-refractivity contribution in [3.05, 3.63) is 0 Å². The lowest BCUT2D eigenvalue weighted by molar-refractivity contribution is -0.125. The van der Waals surface area contributed by atoms with Crippen molar-refractivity contribution < 1.29 is 14.3 Å². The number of ether oxygens (including phenoxy) is 1. The molecule has 1 saturated carbocycles. The molecule has 0 aromatic heterocycles. The van der Waals surface area contributed by atoms with Crippen molar-refractivity contribution in [1.29, 1.82) is 0 Å². The molecule has 1 aliphatic carbocycles. The van der Waals surface area contributed by atoms with E-state index >= 15 is 0 Å². The molecule has 2 aliphatic rings. The molecule has 0 N–H and O–H groups in total. The molecule has 1 saturated heterocycles. The summed E-state index contributed by atoms with van der Waals surface area (Å²) in [5.41, 5.74) is -0.789. The van der Waals surface area contributed by atoms with Gasteiger partial charge in [-0.25, -0.2) is 4.79 Å². The van der Waals surface area contributed by atoms with Gasteiger partial charge < -0.3 is 14.4 Å². The third-order valence-electron chi connectivity index (χ3n) is 4.36. The molecule has 1 heterocycles. The first kappa shape index (κ1) is 14.4. The number of likely N-dealkylation sites (tertiary alicyclic amines) is 1. The Morgan fingerprint density at radius 1 is 1.32 bits per heavy atom. The van der Waals surface area contributed by atoms with Gasteiger partial charge in [0.2, 0.25) is 0 Å². The second-order valence-electron chi connectivity index (χ2n) is 6.98. The molecule has 2 rings (SSSR count). The van der Waals surface area contributed by atoms with Gasteiger partial charge in [0.25, 0.3) is 0 Å². The molecular formula is C15H25NO3. The largest absolute Gasteiger partial charge is 0.444 e. The van der Waals surface area contributed by atoms with Crippen molar-refractivity contribution in [3.8, 4) is 0 Å². The topological polar surface area (TPSA) is 46.6 Å². The van der Waals surface area contributed by atoms with Gasteiger partial charge in [-0.3, -0.25) is 0 Å². The molecular weight excluding hydrogens is 242 g/mol. The zero-order valence-electron chi connectivity index (χ0n) is 12.3. The van der Waals surface area contributed by atoms with Gasteiger partial charge in [-0.1, -0.05) is 6.42 Å². The molecule has 4 nitrogen and oxygen atoms in total. The van der Waals surface area contributed by atoms with E-state index in [1.54, 1.807) is 4.90 Å². The average Bonchev–Trinajstić information content (AvgIpc) is 2.24. The van der Waals surface area contributed by atoms with Gasteiger partial charge in [-0.15, -0.1) is 0 Å². The summed E-state index contributed by atoms with van der Waals surface area (Å²) in [5, 5.41) is 0. The van der Waals surface area contributed by atoms with Crippen LogP contribution >= 0.6 is 0 Å². The van der Waals surface area contributed by atoms with Crippen molar-refractivity contribution in [3.63, 3.8) is 0 Å². The summed E-state index contributed by atoms with van der Waals surface area (Å²) in [7, 11) is 0. The van der Waals surface area contributed by atoms with E-state index in [0.717, 1.165) is 32.0 Å². The first-order valence-corrected chi connectivity index (χ1v) is 7.31. The Morgan fingerprint density at radius 3 is 2.47 bits per heavy atom. The lowest BCUT2D eigenvalue weighted by Crippen LogP contribution is -2.52. The minimum absolute atomic E-state index is 0.280. The van der Waals surface area contributed by atoms with Crippen LogP contribution in [-0.4, -0.2) is 36.0 Å². The average molecular weight is 267 g/mol. The van der Waals surface area contributed by atoms with Crippen molar-refractivity contribution in [2.45, 2.75) is 58.5 Å². The zero-order valence-corrected chi connectivity index (χ0v) is 12.3. The SMILES string of the molecule is CC(C)(C)OC(=O)N1CCCC(C=O)(C2CCC2)C1. The Kier molecular flexibility index (Phi) is 3.88. The lowest BCUT2D eigenvalue weighted by atomic mass is 9.62. The first-order chi connectivity index (χ1) is 8.86. The number of rotatable bonds is 2. The summed E-state index contributed by atoms with van der Waals surface area (Å²) >= 11 is 0. The quantitative estimate of drug-likeness (QED) is 0.723. The van der Waals surface area contributed by atoms with Gasteiger partial charge in [0.1, 0.15) is 11.9 Å². The number of nitrogens with zero attached hydrogens (tertiary/aromatic N) is 1. The predicted molar refractivity (Wildman–Crippen MR) is 72.9 cm³/mol. The van der Waals surface area contributed by atoms with Crippen molar-refractivity contribution in [1.82, 2.24) is 4.90 Å². The fourth-order valence-electron chi connectivity index (χ4n) is 3.10. The number of amides is 1. The third-order valence-corrected chi connectivity index (χ3v) is 4.36. The number of carbonyl (C=O) groups excluding carboxylic acids is 2. The Balaban J connectivity index is 2.03. The Bertz CT molecular complexity index is 357. The van der Waals surface area contributed by atoms with Gasteiger partial charge in [0, 0.05) is 18.5 Å². The van der Waals surface area contributed by atoms with Crippen molar-refractivity contribution in [2.24, 2.45) is 11.3 Å². The van der Waals surface area contributed by atoms with Crippen LogP contribution in [-0.2, 0) is 9.53 Å². The molecule has 0 aromatic carbocycles. The van der Waals surface area contributed by atoms with Crippen LogP contribution in [0.3, 0.4) is 0 Å². The van der Waals surface area contributed by atoms with E-state index in [4.69, 9.17) is 4.74 Å². The highest BCUT2D eigenvalue weighted by atomic mass is 16.6. The molecule has 1 unspecified atom stereocenters. The van der Waals surface area contributed by atoms with Crippen molar-refractivity contribution in [2.75, 3.05) is 13.1 Å². The number of piperidine rings is 1. The van der Waals surface area contributed by atoms with Gasteiger partial charge in [-0.2, -0.15) is 0 Å². The van der Waals surface area contributed by atoms with Crippen LogP contribution in [0.25, 0.3) is 0 Å². The van der Waals surface area contributed by atoms with Crippen molar-refractivity contribution >= 4 is 12.4 Å². The highest BCUT2D eigenvalue weighted by molar-refractivity contribution is 5.70. The number of hydrogen-bond donors (Lipinski definition) is 0. The molecule has 0 bridgehead atoms. The normalized spacial score (nSPS) is 28.7. The molecule has 4 heteroatoms. The van der Waals surface area contributed by atoms with Crippen LogP contribution in [0.4, 0.5) is 4.79 Å². The first-order valence-electron chi connectivity index (χ1n) is 7.31. The molecule has 0 spiro atoms. The van der Waals surface area contributed by atoms with Crippen LogP contribution in [0.15, 0.2) is 0 Å². The van der Waals surface area contributed by atoms with E-state index in [1.807, 2.05) is 20.8 Å². The fraction of sp³-hybridized carbons (Fsp3) is 0.867. The minimum Gasteiger partial charge on any atom is -0.444 e. The predicted octanol–water partition coefficient (Wildman–Crippen LogP) is 3.00. The second-order valence-corrected chi connectivity index (χ2v) is 6.98. The summed E-state index contributed by atoms with van der Waals surface area (Å²) in [6, 6.07) is 0. The molecule has 0 aromatic rings. The number of aldehydes is 1. The Morgan fingerprint density at radius 2 is 2.00 bits per heavy atom. The Labute approximate surface area is 115 Å². The van der Waals surface area contributed by atoms with Gasteiger partial charge >= 0.3 is 6.09 Å². The summed E-state index contributed by atoms with van der Waals surface area (Å²) < 4.78 is 5.42. The fourth-order valence-corrected chi connectivity index (χ4v) is 3.10. The lowest BCUT2D eigenvalue weighted by Gasteiger charge is -2.47. The van der Waals surface area contributed by atoms with Crippen LogP contribution in [0.1, 0.15) is 52.9 Å². The Hall–Kier alpha value is -1.06. The van der Waals surface area contributed by atoms with E-state index < -0.39 is 5.60 Å². The van der Waals surface area contributed by atoms with Gasteiger partial charge in [-0.05, 0) is 52.4 Å². The molecule has 19 heavy (non-hydrogen) atoms. The summed E-state index contributed by atoms with van der Waals surface area (Å²) in [5.74, 6) is 0.468. The molecule has 1 atom stereocenters. The van der Waals surface area contributed by atoms with E-state index in [2.05, 4.69) is 0 Å². The maximum absolute atomic E-state index is 12.1. The molecule has 0 radical (unpaired) electrons. The van der Waals surface area contributed by atoms with Crippen LogP contribution in [0.2, 0.25) is 0 Å². The molecule has 108 valence electrons. The smallest absolute Gasteiger partial charge is 0.410 e. The van der Waals surface area contributed by atoms with E-state index in [0.29, 0.717) is 19.0 Å². The maximum atomic E-state index is 12.1. The highest BCUT2D eigenvalue weighted by Crippen LogP contribution is 2.46. The highest BCUT2D eigenvalue weighted by Gasteiger charge is 2.46. The molecule has 2 fully saturated rings. The van der Waals surface area contributed by atoms with Crippen LogP contribution < -0.4 is 0 Å². The third kappa shape index (κ3) is 3.10. The van der Waals surface area contributed by atoms with Crippen LogP contribution in [0, 0.1) is 11.3 Å². The monoisotopic (exact) mass is 267 g/mol. The van der Waals surface area contributed by atoms with Gasteiger partial charge in [0.05, 0.1) is 0 Å². The second kappa shape index (κ2) is 5.14. The number of hydrogen-bond acceptors (Lipinski definition) is 3. The maximum Gasteiger partial charge on any atom is 0.410 e.